The second kappa shape index (κ2) is 4.13. The Kier molecular flexibility index (Phi) is 3.08. The number of benzene rings is 1. The molecule has 1 aromatic carbocycles. The zero-order valence-electron chi connectivity index (χ0n) is 9.70. The predicted octanol–water partition coefficient (Wildman–Crippen LogP) is 3.76. The molecule has 0 spiro atoms. The van der Waals surface area contributed by atoms with Gasteiger partial charge in [0, 0.05) is 5.54 Å². The van der Waals surface area contributed by atoms with Crippen LogP contribution in [0, 0.1) is 0 Å². The van der Waals surface area contributed by atoms with Gasteiger partial charge in [-0.3, -0.25) is 0 Å². The van der Waals surface area contributed by atoms with E-state index >= 15 is 0 Å². The van der Waals surface area contributed by atoms with Gasteiger partial charge in [0.25, 0.3) is 0 Å². The Balaban J connectivity index is 2.42. The largest absolute Gasteiger partial charge is 0.416 e. The Labute approximate surface area is 105 Å². The summed E-state index contributed by atoms with van der Waals surface area (Å²) in [5, 5.41) is 0. The van der Waals surface area contributed by atoms with Crippen molar-refractivity contribution >= 4 is 0 Å². The molecule has 0 atom stereocenters. The average molecular weight is 283 g/mol. The fraction of sp³-hybridized carbons (Fsp3) is 0.500. The first-order valence-electron chi connectivity index (χ1n) is 5.57. The van der Waals surface area contributed by atoms with Gasteiger partial charge in [-0.2, -0.15) is 26.3 Å². The van der Waals surface area contributed by atoms with Crippen LogP contribution in [0.3, 0.4) is 0 Å². The van der Waals surface area contributed by atoms with E-state index in [0.29, 0.717) is 12.8 Å². The van der Waals surface area contributed by atoms with Crippen molar-refractivity contribution in [1.29, 1.82) is 0 Å². The minimum Gasteiger partial charge on any atom is -0.325 e. The van der Waals surface area contributed by atoms with E-state index in [2.05, 4.69) is 0 Å². The Morgan fingerprint density at radius 3 is 1.63 bits per heavy atom. The van der Waals surface area contributed by atoms with Crippen LogP contribution in [0.1, 0.15) is 29.5 Å². The zero-order chi connectivity index (χ0) is 14.5. The summed E-state index contributed by atoms with van der Waals surface area (Å²) in [5.74, 6) is 0. The molecule has 7 heteroatoms. The van der Waals surface area contributed by atoms with Crippen LogP contribution in [0.5, 0.6) is 0 Å². The summed E-state index contributed by atoms with van der Waals surface area (Å²) in [5.41, 5.74) is 2.48. The molecule has 0 radical (unpaired) electrons. The van der Waals surface area contributed by atoms with Crippen molar-refractivity contribution in [3.63, 3.8) is 0 Å². The Bertz CT molecular complexity index is 452. The third-order valence-electron chi connectivity index (χ3n) is 3.10. The van der Waals surface area contributed by atoms with Crippen molar-refractivity contribution < 1.29 is 26.3 Å². The summed E-state index contributed by atoms with van der Waals surface area (Å²) in [6, 6.07) is 1.60. The van der Waals surface area contributed by atoms with Crippen molar-refractivity contribution in [1.82, 2.24) is 0 Å². The summed E-state index contributed by atoms with van der Waals surface area (Å²) in [7, 11) is 0. The third-order valence-corrected chi connectivity index (χ3v) is 3.10. The highest BCUT2D eigenvalue weighted by molar-refractivity contribution is 5.35. The highest BCUT2D eigenvalue weighted by atomic mass is 19.4. The summed E-state index contributed by atoms with van der Waals surface area (Å²) in [6.45, 7) is 0. The lowest BCUT2D eigenvalue weighted by atomic mass is 9.99. The second-order valence-corrected chi connectivity index (χ2v) is 4.95. The van der Waals surface area contributed by atoms with E-state index in [1.807, 2.05) is 0 Å². The molecule has 0 amide bonds. The minimum atomic E-state index is -4.80. The van der Waals surface area contributed by atoms with Gasteiger partial charge in [0.05, 0.1) is 11.1 Å². The first-order valence-corrected chi connectivity index (χ1v) is 5.57. The maximum atomic E-state index is 12.6. The van der Waals surface area contributed by atoms with E-state index in [-0.39, 0.29) is 18.1 Å². The number of halogens is 6. The molecule has 2 rings (SSSR count). The predicted molar refractivity (Wildman–Crippen MR) is 56.3 cm³/mol. The molecular weight excluding hydrogens is 272 g/mol. The molecule has 1 nitrogen and oxygen atoms in total. The number of nitrogens with two attached hydrogens (primary N) is 1. The van der Waals surface area contributed by atoms with Crippen molar-refractivity contribution in [2.75, 3.05) is 0 Å². The fourth-order valence-corrected chi connectivity index (χ4v) is 1.87. The third kappa shape index (κ3) is 3.40. The number of hydrogen-bond acceptors (Lipinski definition) is 1. The van der Waals surface area contributed by atoms with E-state index in [4.69, 9.17) is 5.73 Å². The van der Waals surface area contributed by atoms with Gasteiger partial charge < -0.3 is 5.73 Å². The van der Waals surface area contributed by atoms with Crippen LogP contribution in [-0.4, -0.2) is 5.54 Å². The molecule has 2 N–H and O–H groups in total. The van der Waals surface area contributed by atoms with Gasteiger partial charge >= 0.3 is 12.4 Å². The number of rotatable bonds is 2. The van der Waals surface area contributed by atoms with Crippen LogP contribution >= 0.6 is 0 Å². The van der Waals surface area contributed by atoms with E-state index in [9.17, 15) is 26.3 Å². The molecule has 0 unspecified atom stereocenters. The Morgan fingerprint density at radius 1 is 0.895 bits per heavy atom. The van der Waals surface area contributed by atoms with E-state index < -0.39 is 29.0 Å². The first kappa shape index (κ1) is 14.2. The lowest BCUT2D eigenvalue weighted by molar-refractivity contribution is -0.143. The van der Waals surface area contributed by atoms with Crippen LogP contribution in [0.25, 0.3) is 0 Å². The number of hydrogen-bond donors (Lipinski definition) is 1. The smallest absolute Gasteiger partial charge is 0.325 e. The average Bonchev–Trinajstić information content (AvgIpc) is 2.92. The van der Waals surface area contributed by atoms with Gasteiger partial charge in [0.1, 0.15) is 0 Å². The van der Waals surface area contributed by atoms with Crippen LogP contribution in [-0.2, 0) is 18.8 Å². The van der Waals surface area contributed by atoms with Gasteiger partial charge in [-0.1, -0.05) is 0 Å². The van der Waals surface area contributed by atoms with Crippen molar-refractivity contribution in [2.24, 2.45) is 5.73 Å². The summed E-state index contributed by atoms with van der Waals surface area (Å²) in [6.07, 6.45) is -8.35. The van der Waals surface area contributed by atoms with Crippen molar-refractivity contribution in [2.45, 2.75) is 37.2 Å². The van der Waals surface area contributed by atoms with E-state index in [1.54, 1.807) is 0 Å². The van der Waals surface area contributed by atoms with Gasteiger partial charge in [-0.05, 0) is 43.0 Å². The molecule has 0 saturated heterocycles. The molecule has 0 heterocycles. The molecule has 0 aliphatic heterocycles. The maximum Gasteiger partial charge on any atom is 0.416 e. The zero-order valence-corrected chi connectivity index (χ0v) is 9.70. The monoisotopic (exact) mass is 283 g/mol. The minimum absolute atomic E-state index is 0.0258. The van der Waals surface area contributed by atoms with Crippen LogP contribution in [0.15, 0.2) is 18.2 Å². The standard InChI is InChI=1S/C12H11F6N/c13-11(14,15)8-3-7(6-10(19)1-2-10)4-9(5-8)12(16,17)18/h3-5H,1-2,6,19H2. The van der Waals surface area contributed by atoms with Gasteiger partial charge in [0.2, 0.25) is 0 Å². The molecule has 1 fully saturated rings. The fourth-order valence-electron chi connectivity index (χ4n) is 1.87. The van der Waals surface area contributed by atoms with Gasteiger partial charge in [-0.15, -0.1) is 0 Å². The topological polar surface area (TPSA) is 26.0 Å². The second-order valence-electron chi connectivity index (χ2n) is 4.95. The van der Waals surface area contributed by atoms with Gasteiger partial charge in [0.15, 0.2) is 0 Å². The molecule has 1 aliphatic rings. The first-order chi connectivity index (χ1) is 8.50. The highest BCUT2D eigenvalue weighted by Crippen LogP contribution is 2.40. The van der Waals surface area contributed by atoms with E-state index in [1.165, 1.54) is 0 Å². The van der Waals surface area contributed by atoms with Gasteiger partial charge in [-0.25, -0.2) is 0 Å². The van der Waals surface area contributed by atoms with Crippen LogP contribution < -0.4 is 5.73 Å². The molecule has 1 aromatic rings. The SMILES string of the molecule is NC1(Cc2cc(C(F)(F)F)cc(C(F)(F)F)c2)CC1. The summed E-state index contributed by atoms with van der Waals surface area (Å²) in [4.78, 5) is 0. The number of alkyl halides is 6. The maximum absolute atomic E-state index is 12.6. The van der Waals surface area contributed by atoms with Crippen LogP contribution in [0.2, 0.25) is 0 Å². The molecule has 0 bridgehead atoms. The quantitative estimate of drug-likeness (QED) is 0.822. The molecule has 1 saturated carbocycles. The molecule has 0 aromatic heterocycles. The molecule has 19 heavy (non-hydrogen) atoms. The lowest BCUT2D eigenvalue weighted by Crippen LogP contribution is -2.25. The molecule has 1 aliphatic carbocycles. The molecular formula is C12H11F6N. The van der Waals surface area contributed by atoms with Crippen molar-refractivity contribution in [3.8, 4) is 0 Å². The highest BCUT2D eigenvalue weighted by Gasteiger charge is 2.41. The van der Waals surface area contributed by atoms with Crippen LogP contribution in [0.4, 0.5) is 26.3 Å². The normalized spacial score (nSPS) is 18.5. The summed E-state index contributed by atoms with van der Waals surface area (Å²) >= 11 is 0. The van der Waals surface area contributed by atoms with Crippen molar-refractivity contribution in [3.05, 3.63) is 34.9 Å². The Morgan fingerprint density at radius 2 is 1.32 bits per heavy atom. The molecule has 106 valence electrons. The Hall–Kier alpha value is -1.24. The lowest BCUT2D eigenvalue weighted by Gasteiger charge is -2.16. The van der Waals surface area contributed by atoms with E-state index in [0.717, 1.165) is 12.1 Å². The summed E-state index contributed by atoms with van der Waals surface area (Å²) < 4.78 is 75.5.